The van der Waals surface area contributed by atoms with Crippen LogP contribution in [0.5, 0.6) is 0 Å². The van der Waals surface area contributed by atoms with Crippen molar-refractivity contribution in [2.24, 2.45) is 4.99 Å². The van der Waals surface area contributed by atoms with Gasteiger partial charge in [-0.05, 0) is 12.8 Å². The summed E-state index contributed by atoms with van der Waals surface area (Å²) in [6.07, 6.45) is 3.97. The minimum absolute atomic E-state index is 0.266. The Hall–Kier alpha value is -0.660. The maximum Gasteiger partial charge on any atom is 0.237 e. The van der Waals surface area contributed by atoms with Gasteiger partial charge in [0.2, 0.25) is 6.08 Å². The van der Waals surface area contributed by atoms with E-state index in [2.05, 4.69) is 4.99 Å². The molecule has 0 rings (SSSR count). The van der Waals surface area contributed by atoms with Gasteiger partial charge in [0.05, 0.1) is 0 Å². The van der Waals surface area contributed by atoms with Crippen molar-refractivity contribution >= 4 is 6.08 Å². The van der Waals surface area contributed by atoms with Gasteiger partial charge in [-0.3, -0.25) is 0 Å². The zero-order valence-electron chi connectivity index (χ0n) is 7.17. The van der Waals surface area contributed by atoms with Crippen molar-refractivity contribution in [2.75, 3.05) is 6.61 Å². The number of isocyanates is 1. The fourth-order valence-electron chi connectivity index (χ4n) is 0.745. The molecule has 0 aliphatic carbocycles. The molecule has 3 nitrogen and oxygen atoms in total. The second-order valence-electron chi connectivity index (χ2n) is 2.33. The molecule has 64 valence electrons. The summed E-state index contributed by atoms with van der Waals surface area (Å²) < 4.78 is 5.24. The summed E-state index contributed by atoms with van der Waals surface area (Å²) in [5, 5.41) is 0. The zero-order chi connectivity index (χ0) is 8.53. The average molecular weight is 157 g/mol. The third-order valence-corrected chi connectivity index (χ3v) is 1.25. The van der Waals surface area contributed by atoms with Crippen LogP contribution in [0.3, 0.4) is 0 Å². The van der Waals surface area contributed by atoms with E-state index in [9.17, 15) is 4.79 Å². The lowest BCUT2D eigenvalue weighted by Crippen LogP contribution is -2.09. The van der Waals surface area contributed by atoms with E-state index in [1.54, 1.807) is 0 Å². The third-order valence-electron chi connectivity index (χ3n) is 1.25. The van der Waals surface area contributed by atoms with Gasteiger partial charge >= 0.3 is 0 Å². The first-order valence-electron chi connectivity index (χ1n) is 4.03. The van der Waals surface area contributed by atoms with Crippen molar-refractivity contribution < 1.29 is 9.53 Å². The van der Waals surface area contributed by atoms with Crippen molar-refractivity contribution in [3.8, 4) is 0 Å². The van der Waals surface area contributed by atoms with Gasteiger partial charge in [0.1, 0.15) is 0 Å². The van der Waals surface area contributed by atoms with E-state index in [1.165, 1.54) is 6.08 Å². The molecule has 0 aromatic carbocycles. The molecule has 3 heteroatoms. The predicted octanol–water partition coefficient (Wildman–Crippen LogP) is 1.88. The Morgan fingerprint density at radius 2 is 2.18 bits per heavy atom. The molecular formula is C8H15NO2. The second kappa shape index (κ2) is 7.45. The van der Waals surface area contributed by atoms with E-state index in [0.717, 1.165) is 19.3 Å². The molecule has 0 amide bonds. The molecule has 0 saturated carbocycles. The summed E-state index contributed by atoms with van der Waals surface area (Å²) in [6, 6.07) is 0. The lowest BCUT2D eigenvalue weighted by atomic mass is 10.3. The van der Waals surface area contributed by atoms with Gasteiger partial charge in [-0.25, -0.2) is 4.79 Å². The number of hydrogen-bond donors (Lipinski definition) is 0. The van der Waals surface area contributed by atoms with Crippen LogP contribution in [-0.4, -0.2) is 18.9 Å². The average Bonchev–Trinajstić information content (AvgIpc) is 2.01. The van der Waals surface area contributed by atoms with Crippen molar-refractivity contribution in [1.82, 2.24) is 0 Å². The van der Waals surface area contributed by atoms with E-state index >= 15 is 0 Å². The summed E-state index contributed by atoms with van der Waals surface area (Å²) in [4.78, 5) is 13.4. The van der Waals surface area contributed by atoms with E-state index in [4.69, 9.17) is 4.74 Å². The van der Waals surface area contributed by atoms with Crippen LogP contribution in [0.25, 0.3) is 0 Å². The Kier molecular flexibility index (Phi) is 7.00. The van der Waals surface area contributed by atoms with Gasteiger partial charge in [0, 0.05) is 6.61 Å². The molecule has 0 aromatic heterocycles. The number of nitrogens with zero attached hydrogens (tertiary/aromatic N) is 1. The van der Waals surface area contributed by atoms with E-state index < -0.39 is 0 Å². The van der Waals surface area contributed by atoms with Crippen LogP contribution in [0.1, 0.15) is 33.1 Å². The molecule has 0 bridgehead atoms. The Morgan fingerprint density at radius 1 is 1.45 bits per heavy atom. The molecule has 0 radical (unpaired) electrons. The zero-order valence-corrected chi connectivity index (χ0v) is 7.17. The van der Waals surface area contributed by atoms with Crippen molar-refractivity contribution in [3.63, 3.8) is 0 Å². The highest BCUT2D eigenvalue weighted by atomic mass is 16.5. The second-order valence-corrected chi connectivity index (χ2v) is 2.33. The lowest BCUT2D eigenvalue weighted by molar-refractivity contribution is 0.0537. The van der Waals surface area contributed by atoms with E-state index in [0.29, 0.717) is 6.61 Å². The molecule has 0 saturated heterocycles. The highest BCUT2D eigenvalue weighted by Crippen LogP contribution is 2.02. The van der Waals surface area contributed by atoms with Crippen LogP contribution >= 0.6 is 0 Å². The molecule has 0 fully saturated rings. The van der Waals surface area contributed by atoms with E-state index in [1.807, 2.05) is 13.8 Å². The largest absolute Gasteiger partial charge is 0.356 e. The number of carbonyl (C=O) groups excluding carboxylic acids is 1. The molecular weight excluding hydrogens is 142 g/mol. The Bertz CT molecular complexity index is 130. The summed E-state index contributed by atoms with van der Waals surface area (Å²) in [5.74, 6) is 0. The Morgan fingerprint density at radius 3 is 2.64 bits per heavy atom. The lowest BCUT2D eigenvalue weighted by Gasteiger charge is -2.08. The number of rotatable bonds is 6. The van der Waals surface area contributed by atoms with Crippen LogP contribution in [0.2, 0.25) is 0 Å². The summed E-state index contributed by atoms with van der Waals surface area (Å²) >= 11 is 0. The monoisotopic (exact) mass is 157 g/mol. The normalized spacial score (nSPS) is 12.2. The van der Waals surface area contributed by atoms with Crippen molar-refractivity contribution in [3.05, 3.63) is 0 Å². The first-order chi connectivity index (χ1) is 5.35. The molecule has 0 aliphatic heterocycles. The predicted molar refractivity (Wildman–Crippen MR) is 43.1 cm³/mol. The topological polar surface area (TPSA) is 38.7 Å². The SMILES string of the molecule is CCCOC(CCC)N=C=O. The Labute approximate surface area is 67.5 Å². The summed E-state index contributed by atoms with van der Waals surface area (Å²) in [5.41, 5.74) is 0. The standard InChI is InChI=1S/C8H15NO2/c1-3-5-8(9-7-10)11-6-4-2/h8H,3-6H2,1-2H3. The first-order valence-corrected chi connectivity index (χ1v) is 4.03. The van der Waals surface area contributed by atoms with Crippen LogP contribution < -0.4 is 0 Å². The highest BCUT2D eigenvalue weighted by Gasteiger charge is 2.03. The quantitative estimate of drug-likeness (QED) is 0.436. The fraction of sp³-hybridized carbons (Fsp3) is 0.875. The van der Waals surface area contributed by atoms with Gasteiger partial charge in [-0.1, -0.05) is 20.3 Å². The molecule has 11 heavy (non-hydrogen) atoms. The van der Waals surface area contributed by atoms with Crippen molar-refractivity contribution in [1.29, 1.82) is 0 Å². The number of aliphatic imine (C=N–C) groups is 1. The van der Waals surface area contributed by atoms with Crippen LogP contribution in [0.15, 0.2) is 4.99 Å². The molecule has 0 spiro atoms. The smallest absolute Gasteiger partial charge is 0.237 e. The molecule has 1 unspecified atom stereocenters. The summed E-state index contributed by atoms with van der Waals surface area (Å²) in [7, 11) is 0. The minimum Gasteiger partial charge on any atom is -0.356 e. The van der Waals surface area contributed by atoms with Crippen molar-refractivity contribution in [2.45, 2.75) is 39.3 Å². The minimum atomic E-state index is -0.266. The molecule has 1 atom stereocenters. The van der Waals surface area contributed by atoms with Crippen LogP contribution in [0.4, 0.5) is 0 Å². The third kappa shape index (κ3) is 5.77. The maximum absolute atomic E-state index is 9.88. The molecule has 0 heterocycles. The fourth-order valence-corrected chi connectivity index (χ4v) is 0.745. The molecule has 0 aliphatic rings. The number of hydrogen-bond acceptors (Lipinski definition) is 3. The first kappa shape index (κ1) is 10.3. The van der Waals surface area contributed by atoms with Gasteiger partial charge in [-0.15, -0.1) is 0 Å². The van der Waals surface area contributed by atoms with E-state index in [-0.39, 0.29) is 6.23 Å². The van der Waals surface area contributed by atoms with Crippen LogP contribution in [-0.2, 0) is 9.53 Å². The summed E-state index contributed by atoms with van der Waals surface area (Å²) in [6.45, 7) is 4.71. The molecule has 0 aromatic rings. The molecule has 0 N–H and O–H groups in total. The highest BCUT2D eigenvalue weighted by molar-refractivity contribution is 5.33. The van der Waals surface area contributed by atoms with Crippen LogP contribution in [0, 0.1) is 0 Å². The van der Waals surface area contributed by atoms with Gasteiger partial charge < -0.3 is 4.74 Å². The van der Waals surface area contributed by atoms with Gasteiger partial charge in [-0.2, -0.15) is 4.99 Å². The van der Waals surface area contributed by atoms with Gasteiger partial charge in [0.25, 0.3) is 0 Å². The number of ether oxygens (including phenoxy) is 1. The Balaban J connectivity index is 3.59. The van der Waals surface area contributed by atoms with Gasteiger partial charge in [0.15, 0.2) is 6.23 Å². The maximum atomic E-state index is 9.88.